The van der Waals surface area contributed by atoms with Crippen LogP contribution in [0.1, 0.15) is 32.2 Å². The van der Waals surface area contributed by atoms with Crippen molar-refractivity contribution in [3.63, 3.8) is 0 Å². The Labute approximate surface area is 176 Å². The third-order valence-corrected chi connectivity index (χ3v) is 4.26. The standard InChI is InChI=1S/C21H17ClN2O6/c1-28-19-10-13(11-23-24-20(25)15-4-2-3-5-16(15)22)6-8-17(19)29-12-14-7-9-18(30-14)21(26)27/h2-11H,12H2,1H3,(H,24,25)(H,26,27). The van der Waals surface area contributed by atoms with Gasteiger partial charge in [-0.15, -0.1) is 0 Å². The van der Waals surface area contributed by atoms with Crippen LogP contribution in [-0.2, 0) is 6.61 Å². The third kappa shape index (κ3) is 5.18. The molecule has 0 fully saturated rings. The molecule has 1 heterocycles. The highest BCUT2D eigenvalue weighted by molar-refractivity contribution is 6.33. The molecule has 0 aliphatic heterocycles. The molecule has 0 spiro atoms. The lowest BCUT2D eigenvalue weighted by molar-refractivity contribution is 0.0657. The highest BCUT2D eigenvalue weighted by Crippen LogP contribution is 2.28. The van der Waals surface area contributed by atoms with Crippen LogP contribution in [0, 0.1) is 0 Å². The van der Waals surface area contributed by atoms with Gasteiger partial charge in [-0.2, -0.15) is 5.10 Å². The van der Waals surface area contributed by atoms with Crippen LogP contribution in [0.25, 0.3) is 0 Å². The number of furan rings is 1. The normalized spacial score (nSPS) is 10.7. The summed E-state index contributed by atoms with van der Waals surface area (Å²) >= 11 is 5.98. The number of carbonyl (C=O) groups excluding carboxylic acids is 1. The number of hydrogen-bond acceptors (Lipinski definition) is 6. The maximum atomic E-state index is 12.1. The van der Waals surface area contributed by atoms with Gasteiger partial charge in [-0.3, -0.25) is 4.79 Å². The maximum Gasteiger partial charge on any atom is 0.371 e. The fraction of sp³-hybridized carbons (Fsp3) is 0.0952. The molecule has 3 aromatic rings. The first-order valence-electron chi connectivity index (χ1n) is 8.68. The van der Waals surface area contributed by atoms with Crippen molar-refractivity contribution in [3.8, 4) is 11.5 Å². The van der Waals surface area contributed by atoms with E-state index in [0.29, 0.717) is 33.4 Å². The minimum atomic E-state index is -1.15. The first kappa shape index (κ1) is 20.9. The summed E-state index contributed by atoms with van der Waals surface area (Å²) < 4.78 is 16.1. The fourth-order valence-corrected chi connectivity index (χ4v) is 2.70. The molecule has 0 unspecified atom stereocenters. The molecule has 0 aliphatic rings. The molecule has 2 aromatic carbocycles. The summed E-state index contributed by atoms with van der Waals surface area (Å²) in [5.74, 6) is -0.509. The van der Waals surface area contributed by atoms with E-state index < -0.39 is 11.9 Å². The fourth-order valence-electron chi connectivity index (χ4n) is 2.47. The number of carboxylic acids is 1. The molecular formula is C21H17ClN2O6. The molecule has 0 saturated carbocycles. The highest BCUT2D eigenvalue weighted by Gasteiger charge is 2.11. The van der Waals surface area contributed by atoms with Crippen molar-refractivity contribution in [2.24, 2.45) is 5.10 Å². The van der Waals surface area contributed by atoms with Crippen LogP contribution in [0.4, 0.5) is 0 Å². The average Bonchev–Trinajstić information content (AvgIpc) is 3.22. The van der Waals surface area contributed by atoms with Gasteiger partial charge in [0.2, 0.25) is 5.76 Å². The number of aromatic carboxylic acids is 1. The lowest BCUT2D eigenvalue weighted by Gasteiger charge is -2.10. The maximum absolute atomic E-state index is 12.1. The van der Waals surface area contributed by atoms with Crippen molar-refractivity contribution in [2.75, 3.05) is 7.11 Å². The van der Waals surface area contributed by atoms with Crippen LogP contribution in [0.15, 0.2) is 64.1 Å². The first-order chi connectivity index (χ1) is 14.5. The van der Waals surface area contributed by atoms with Crippen LogP contribution in [0.3, 0.4) is 0 Å². The molecule has 8 nitrogen and oxygen atoms in total. The molecule has 9 heteroatoms. The van der Waals surface area contributed by atoms with Crippen molar-refractivity contribution in [2.45, 2.75) is 6.61 Å². The van der Waals surface area contributed by atoms with E-state index in [1.54, 1.807) is 42.5 Å². The summed E-state index contributed by atoms with van der Waals surface area (Å²) in [6, 6.07) is 14.6. The van der Waals surface area contributed by atoms with Gasteiger partial charge in [0.1, 0.15) is 12.4 Å². The lowest BCUT2D eigenvalue weighted by atomic mass is 10.2. The molecule has 0 saturated heterocycles. The van der Waals surface area contributed by atoms with Crippen LogP contribution in [0.2, 0.25) is 5.02 Å². The zero-order valence-corrected chi connectivity index (χ0v) is 16.6. The number of amides is 1. The van der Waals surface area contributed by atoms with Crippen LogP contribution in [-0.4, -0.2) is 30.3 Å². The number of ether oxygens (including phenoxy) is 2. The number of halogens is 1. The van der Waals surface area contributed by atoms with Gasteiger partial charge in [0.25, 0.3) is 5.91 Å². The number of rotatable bonds is 8. The average molecular weight is 429 g/mol. The SMILES string of the molecule is COc1cc(C=NNC(=O)c2ccccc2Cl)ccc1OCc1ccc(C(=O)O)o1. The largest absolute Gasteiger partial charge is 0.493 e. The number of nitrogens with one attached hydrogen (secondary N) is 1. The van der Waals surface area contributed by atoms with Gasteiger partial charge in [0.15, 0.2) is 11.5 Å². The summed E-state index contributed by atoms with van der Waals surface area (Å²) in [6.45, 7) is 0.0327. The van der Waals surface area contributed by atoms with Gasteiger partial charge in [-0.25, -0.2) is 10.2 Å². The molecule has 0 atom stereocenters. The quantitative estimate of drug-likeness (QED) is 0.414. The third-order valence-electron chi connectivity index (χ3n) is 3.93. The summed E-state index contributed by atoms with van der Waals surface area (Å²) in [4.78, 5) is 22.9. The van der Waals surface area contributed by atoms with E-state index in [1.165, 1.54) is 25.5 Å². The van der Waals surface area contributed by atoms with Crippen molar-refractivity contribution >= 4 is 29.7 Å². The monoisotopic (exact) mass is 428 g/mol. The van der Waals surface area contributed by atoms with E-state index in [0.717, 1.165) is 0 Å². The Balaban J connectivity index is 1.63. The Kier molecular flexibility index (Phi) is 6.71. The van der Waals surface area contributed by atoms with Crippen molar-refractivity contribution < 1.29 is 28.6 Å². The van der Waals surface area contributed by atoms with E-state index in [4.69, 9.17) is 30.6 Å². The number of carbonyl (C=O) groups is 2. The van der Waals surface area contributed by atoms with Gasteiger partial charge in [0, 0.05) is 0 Å². The van der Waals surface area contributed by atoms with Crippen molar-refractivity contribution in [1.29, 1.82) is 0 Å². The predicted molar refractivity (Wildman–Crippen MR) is 110 cm³/mol. The number of methoxy groups -OCH3 is 1. The number of hydrogen-bond donors (Lipinski definition) is 2. The smallest absolute Gasteiger partial charge is 0.371 e. The number of nitrogens with zero attached hydrogens (tertiary/aromatic N) is 1. The van der Waals surface area contributed by atoms with Gasteiger partial charge >= 0.3 is 5.97 Å². The van der Waals surface area contributed by atoms with Crippen LogP contribution in [0.5, 0.6) is 11.5 Å². The summed E-state index contributed by atoms with van der Waals surface area (Å²) in [6.07, 6.45) is 1.45. The number of benzene rings is 2. The Hall–Kier alpha value is -3.78. The molecule has 2 N–H and O–H groups in total. The lowest BCUT2D eigenvalue weighted by Crippen LogP contribution is -2.17. The zero-order chi connectivity index (χ0) is 21.5. The second kappa shape index (κ2) is 9.62. The highest BCUT2D eigenvalue weighted by atomic mass is 35.5. The van der Waals surface area contributed by atoms with Crippen molar-refractivity contribution in [1.82, 2.24) is 5.43 Å². The zero-order valence-electron chi connectivity index (χ0n) is 15.8. The number of carboxylic acid groups (broad SMARTS) is 1. The molecule has 30 heavy (non-hydrogen) atoms. The minimum Gasteiger partial charge on any atom is -0.493 e. The molecule has 154 valence electrons. The van der Waals surface area contributed by atoms with E-state index in [1.807, 2.05) is 0 Å². The second-order valence-electron chi connectivity index (χ2n) is 5.95. The molecular weight excluding hydrogens is 412 g/mol. The Morgan fingerprint density at radius 2 is 1.97 bits per heavy atom. The Morgan fingerprint density at radius 3 is 2.67 bits per heavy atom. The summed E-state index contributed by atoms with van der Waals surface area (Å²) in [7, 11) is 1.48. The number of hydrazone groups is 1. The van der Waals surface area contributed by atoms with Gasteiger partial charge in [-0.05, 0) is 48.0 Å². The van der Waals surface area contributed by atoms with Crippen molar-refractivity contribution in [3.05, 3.63) is 82.3 Å². The molecule has 0 radical (unpaired) electrons. The topological polar surface area (TPSA) is 110 Å². The van der Waals surface area contributed by atoms with Crippen LogP contribution < -0.4 is 14.9 Å². The van der Waals surface area contributed by atoms with Gasteiger partial charge < -0.3 is 19.0 Å². The summed E-state index contributed by atoms with van der Waals surface area (Å²) in [5, 5.41) is 13.1. The van der Waals surface area contributed by atoms with E-state index in [2.05, 4.69) is 10.5 Å². The van der Waals surface area contributed by atoms with E-state index in [9.17, 15) is 9.59 Å². The molecule has 0 aliphatic carbocycles. The second-order valence-corrected chi connectivity index (χ2v) is 6.36. The van der Waals surface area contributed by atoms with Crippen LogP contribution >= 0.6 is 11.6 Å². The molecule has 1 amide bonds. The van der Waals surface area contributed by atoms with E-state index >= 15 is 0 Å². The summed E-state index contributed by atoms with van der Waals surface area (Å²) in [5.41, 5.74) is 3.39. The minimum absolute atomic E-state index is 0.0327. The molecule has 3 rings (SSSR count). The Morgan fingerprint density at radius 1 is 1.17 bits per heavy atom. The molecule has 1 aromatic heterocycles. The first-order valence-corrected chi connectivity index (χ1v) is 9.06. The molecule has 0 bridgehead atoms. The van der Waals surface area contributed by atoms with Gasteiger partial charge in [-0.1, -0.05) is 23.7 Å². The Bertz CT molecular complexity index is 1090. The van der Waals surface area contributed by atoms with E-state index in [-0.39, 0.29) is 12.4 Å². The van der Waals surface area contributed by atoms with Gasteiger partial charge in [0.05, 0.1) is 23.9 Å². The predicted octanol–water partition coefficient (Wildman–Crippen LogP) is 3.98.